The molecule has 6 heteroatoms. The maximum atomic E-state index is 12.8. The van der Waals surface area contributed by atoms with E-state index in [-0.39, 0.29) is 30.3 Å². The number of nitrogens with zero attached hydrogens (tertiary/aromatic N) is 1. The first-order valence-corrected chi connectivity index (χ1v) is 9.94. The van der Waals surface area contributed by atoms with Gasteiger partial charge in [0.25, 0.3) is 5.91 Å². The van der Waals surface area contributed by atoms with Crippen LogP contribution in [0.4, 0.5) is 0 Å². The van der Waals surface area contributed by atoms with Crippen LogP contribution in [0.5, 0.6) is 5.75 Å². The molecule has 0 aromatic heterocycles. The summed E-state index contributed by atoms with van der Waals surface area (Å²) >= 11 is 0. The number of rotatable bonds is 8. The molecule has 0 radical (unpaired) electrons. The van der Waals surface area contributed by atoms with Crippen molar-refractivity contribution in [1.29, 1.82) is 0 Å². The largest absolute Gasteiger partial charge is 0.484 e. The summed E-state index contributed by atoms with van der Waals surface area (Å²) in [6.07, 6.45) is 0.714. The summed E-state index contributed by atoms with van der Waals surface area (Å²) in [6, 6.07) is 19.3. The van der Waals surface area contributed by atoms with Crippen molar-refractivity contribution >= 4 is 11.8 Å². The fourth-order valence-corrected chi connectivity index (χ4v) is 3.63. The predicted molar refractivity (Wildman–Crippen MR) is 111 cm³/mol. The molecule has 2 aromatic rings. The topological polar surface area (TPSA) is 67.9 Å². The number of amides is 2. The fourth-order valence-electron chi connectivity index (χ4n) is 3.63. The molecule has 2 aromatic carbocycles. The van der Waals surface area contributed by atoms with Crippen molar-refractivity contribution < 1.29 is 19.1 Å². The van der Waals surface area contributed by atoms with Gasteiger partial charge in [-0.25, -0.2) is 0 Å². The van der Waals surface area contributed by atoms with Crippen molar-refractivity contribution in [3.8, 4) is 5.75 Å². The minimum absolute atomic E-state index is 0.0375. The van der Waals surface area contributed by atoms with Crippen LogP contribution in [-0.2, 0) is 14.3 Å². The lowest BCUT2D eigenvalue weighted by Gasteiger charge is -2.37. The van der Waals surface area contributed by atoms with Crippen LogP contribution >= 0.6 is 0 Å². The fraction of sp³-hybridized carbons (Fsp3) is 0.391. The number of likely N-dealkylation sites (tertiary alicyclic amines) is 1. The summed E-state index contributed by atoms with van der Waals surface area (Å²) in [4.78, 5) is 27.2. The Kier molecular flexibility index (Phi) is 7.64. The number of para-hydroxylation sites is 1. The molecule has 1 N–H and O–H groups in total. The summed E-state index contributed by atoms with van der Waals surface area (Å²) in [7, 11) is 1.60. The average molecular weight is 396 g/mol. The zero-order valence-corrected chi connectivity index (χ0v) is 16.8. The lowest BCUT2D eigenvalue weighted by Crippen LogP contribution is -2.49. The van der Waals surface area contributed by atoms with Gasteiger partial charge in [0.2, 0.25) is 5.91 Å². The third-order valence-electron chi connectivity index (χ3n) is 5.16. The van der Waals surface area contributed by atoms with Crippen LogP contribution in [0.1, 0.15) is 17.9 Å². The molecule has 2 atom stereocenters. The van der Waals surface area contributed by atoms with Crippen LogP contribution in [0, 0.1) is 5.92 Å². The van der Waals surface area contributed by atoms with Crippen LogP contribution in [0.2, 0.25) is 0 Å². The van der Waals surface area contributed by atoms with E-state index in [0.29, 0.717) is 38.4 Å². The van der Waals surface area contributed by atoms with Gasteiger partial charge in [0.15, 0.2) is 6.61 Å². The average Bonchev–Trinajstić information content (AvgIpc) is 2.78. The maximum absolute atomic E-state index is 12.8. The van der Waals surface area contributed by atoms with Crippen molar-refractivity contribution in [3.63, 3.8) is 0 Å². The molecule has 0 aliphatic carbocycles. The Labute approximate surface area is 171 Å². The van der Waals surface area contributed by atoms with Crippen molar-refractivity contribution in [2.24, 2.45) is 5.92 Å². The van der Waals surface area contributed by atoms with Crippen LogP contribution in [0.3, 0.4) is 0 Å². The van der Waals surface area contributed by atoms with Gasteiger partial charge in [-0.15, -0.1) is 0 Å². The number of carbonyl (C=O) groups excluding carboxylic acids is 2. The Morgan fingerprint density at radius 3 is 2.41 bits per heavy atom. The van der Waals surface area contributed by atoms with Crippen LogP contribution < -0.4 is 10.1 Å². The number of nitrogens with one attached hydrogen (secondary N) is 1. The summed E-state index contributed by atoms with van der Waals surface area (Å²) in [5.41, 5.74) is 1.14. The number of methoxy groups -OCH3 is 1. The Bertz CT molecular complexity index is 782. The Hall–Kier alpha value is -2.86. The lowest BCUT2D eigenvalue weighted by molar-refractivity contribution is -0.138. The van der Waals surface area contributed by atoms with E-state index in [9.17, 15) is 9.59 Å². The van der Waals surface area contributed by atoms with Crippen LogP contribution in [-0.4, -0.2) is 56.7 Å². The smallest absolute Gasteiger partial charge is 0.260 e. The van der Waals surface area contributed by atoms with Crippen molar-refractivity contribution in [3.05, 3.63) is 66.2 Å². The molecule has 2 amide bonds. The lowest BCUT2D eigenvalue weighted by atomic mass is 9.84. The van der Waals surface area contributed by atoms with Gasteiger partial charge >= 0.3 is 0 Å². The predicted octanol–water partition coefficient (Wildman–Crippen LogP) is 2.46. The molecule has 0 bridgehead atoms. The highest BCUT2D eigenvalue weighted by atomic mass is 16.5. The maximum Gasteiger partial charge on any atom is 0.260 e. The molecule has 1 aliphatic heterocycles. The Morgan fingerprint density at radius 1 is 1.03 bits per heavy atom. The van der Waals surface area contributed by atoms with Crippen LogP contribution in [0.25, 0.3) is 0 Å². The van der Waals surface area contributed by atoms with Gasteiger partial charge in [-0.05, 0) is 24.1 Å². The van der Waals surface area contributed by atoms with E-state index in [1.807, 2.05) is 48.5 Å². The van der Waals surface area contributed by atoms with E-state index < -0.39 is 0 Å². The first kappa shape index (κ1) is 20.9. The molecule has 1 aliphatic rings. The standard InChI is InChI=1S/C23H28N2O4/c1-28-13-12-24-23(27)20-14-19(18-8-4-2-5-9-18)15-25(16-20)22(26)17-29-21-10-6-3-7-11-21/h2-11,19-20H,12-17H2,1H3,(H,24,27)/t19-,20+/m1/s1. The van der Waals surface area contributed by atoms with E-state index >= 15 is 0 Å². The van der Waals surface area contributed by atoms with Gasteiger partial charge in [-0.3, -0.25) is 9.59 Å². The van der Waals surface area contributed by atoms with E-state index in [4.69, 9.17) is 9.47 Å². The molecule has 6 nitrogen and oxygen atoms in total. The van der Waals surface area contributed by atoms with Gasteiger partial charge in [0.1, 0.15) is 5.75 Å². The number of hydrogen-bond donors (Lipinski definition) is 1. The van der Waals surface area contributed by atoms with Crippen molar-refractivity contribution in [2.45, 2.75) is 12.3 Å². The monoisotopic (exact) mass is 396 g/mol. The molecule has 0 spiro atoms. The molecule has 0 unspecified atom stereocenters. The molecule has 1 heterocycles. The SMILES string of the molecule is COCCNC(=O)[C@H]1C[C@@H](c2ccccc2)CN(C(=O)COc2ccccc2)C1. The minimum atomic E-state index is -0.258. The summed E-state index contributed by atoms with van der Waals surface area (Å²) in [5, 5.41) is 2.91. The molecular weight excluding hydrogens is 368 g/mol. The Balaban J connectivity index is 1.67. The number of ether oxygens (including phenoxy) is 2. The van der Waals surface area contributed by atoms with Gasteiger partial charge in [0, 0.05) is 32.7 Å². The first-order chi connectivity index (χ1) is 14.2. The Morgan fingerprint density at radius 2 is 1.72 bits per heavy atom. The third-order valence-corrected chi connectivity index (χ3v) is 5.16. The number of hydrogen-bond acceptors (Lipinski definition) is 4. The zero-order chi connectivity index (χ0) is 20.5. The highest BCUT2D eigenvalue weighted by Gasteiger charge is 2.34. The number of carbonyl (C=O) groups is 2. The van der Waals surface area contributed by atoms with Crippen molar-refractivity contribution in [1.82, 2.24) is 10.2 Å². The highest BCUT2D eigenvalue weighted by Crippen LogP contribution is 2.30. The van der Waals surface area contributed by atoms with E-state index in [2.05, 4.69) is 17.4 Å². The van der Waals surface area contributed by atoms with Gasteiger partial charge in [-0.1, -0.05) is 48.5 Å². The summed E-state index contributed by atoms with van der Waals surface area (Å²) in [6.45, 7) is 1.88. The molecule has 154 valence electrons. The second kappa shape index (κ2) is 10.6. The molecule has 0 saturated carbocycles. The van der Waals surface area contributed by atoms with Gasteiger partial charge in [-0.2, -0.15) is 0 Å². The van der Waals surface area contributed by atoms with Crippen molar-refractivity contribution in [2.75, 3.05) is 40.0 Å². The molecule has 1 saturated heterocycles. The summed E-state index contributed by atoms with van der Waals surface area (Å²) in [5.74, 6) is 0.371. The number of benzene rings is 2. The van der Waals surface area contributed by atoms with Gasteiger partial charge < -0.3 is 19.7 Å². The summed E-state index contributed by atoms with van der Waals surface area (Å²) < 4.78 is 10.6. The third kappa shape index (κ3) is 6.06. The molecule has 1 fully saturated rings. The second-order valence-electron chi connectivity index (χ2n) is 7.22. The van der Waals surface area contributed by atoms with Crippen LogP contribution in [0.15, 0.2) is 60.7 Å². The number of piperidine rings is 1. The first-order valence-electron chi connectivity index (χ1n) is 9.94. The quantitative estimate of drug-likeness (QED) is 0.696. The van der Waals surface area contributed by atoms with Gasteiger partial charge in [0.05, 0.1) is 12.5 Å². The van der Waals surface area contributed by atoms with E-state index in [1.165, 1.54) is 0 Å². The van der Waals surface area contributed by atoms with E-state index in [1.54, 1.807) is 12.0 Å². The molecular formula is C23H28N2O4. The highest BCUT2D eigenvalue weighted by molar-refractivity contribution is 5.82. The minimum Gasteiger partial charge on any atom is -0.484 e. The van der Waals surface area contributed by atoms with E-state index in [0.717, 1.165) is 5.56 Å². The molecule has 3 rings (SSSR count). The second-order valence-corrected chi connectivity index (χ2v) is 7.22. The molecule has 29 heavy (non-hydrogen) atoms. The normalized spacial score (nSPS) is 18.9. The zero-order valence-electron chi connectivity index (χ0n) is 16.8.